The average molecular weight is 208 g/mol. The number of terminal acetylenes is 1. The molecule has 1 aliphatic rings. The van der Waals surface area contributed by atoms with Crippen molar-refractivity contribution in [2.45, 2.75) is 51.6 Å². The highest BCUT2D eigenvalue weighted by Gasteiger charge is 2.16. The molecular formula is C13H24N2. The zero-order valence-corrected chi connectivity index (χ0v) is 10.1. The maximum absolute atomic E-state index is 5.38. The predicted octanol–water partition coefficient (Wildman–Crippen LogP) is 1.86. The highest BCUT2D eigenvalue weighted by molar-refractivity contribution is 4.97. The number of nitrogens with zero attached hydrogens (tertiary/aromatic N) is 1. The van der Waals surface area contributed by atoms with Gasteiger partial charge < -0.3 is 10.2 Å². The first-order valence-corrected chi connectivity index (χ1v) is 6.20. The lowest BCUT2D eigenvalue weighted by Gasteiger charge is -2.20. The maximum atomic E-state index is 5.38. The van der Waals surface area contributed by atoms with E-state index in [1.54, 1.807) is 0 Å². The summed E-state index contributed by atoms with van der Waals surface area (Å²) >= 11 is 0. The fraction of sp³-hybridized carbons (Fsp3) is 0.846. The molecule has 0 bridgehead atoms. The van der Waals surface area contributed by atoms with Crippen LogP contribution in [0.2, 0.25) is 0 Å². The molecule has 1 N–H and O–H groups in total. The van der Waals surface area contributed by atoms with Gasteiger partial charge in [0.05, 0.1) is 6.04 Å². The van der Waals surface area contributed by atoms with E-state index in [2.05, 4.69) is 30.0 Å². The van der Waals surface area contributed by atoms with Crippen molar-refractivity contribution >= 4 is 0 Å². The van der Waals surface area contributed by atoms with E-state index in [9.17, 15) is 0 Å². The molecule has 2 unspecified atom stereocenters. The summed E-state index contributed by atoms with van der Waals surface area (Å²) in [6.07, 6.45) is 10.5. The normalized spacial score (nSPS) is 25.5. The Morgan fingerprint density at radius 2 is 2.27 bits per heavy atom. The molecule has 1 fully saturated rings. The van der Waals surface area contributed by atoms with Gasteiger partial charge in [0.15, 0.2) is 0 Å². The third-order valence-electron chi connectivity index (χ3n) is 3.10. The number of nitrogens with one attached hydrogen (secondary N) is 1. The summed E-state index contributed by atoms with van der Waals surface area (Å²) in [6.45, 7) is 8.05. The zero-order chi connectivity index (χ0) is 11.1. The third-order valence-corrected chi connectivity index (χ3v) is 3.10. The molecule has 0 aromatic carbocycles. The van der Waals surface area contributed by atoms with Crippen LogP contribution in [0.4, 0.5) is 0 Å². The van der Waals surface area contributed by atoms with Crippen LogP contribution < -0.4 is 5.32 Å². The van der Waals surface area contributed by atoms with Crippen LogP contribution in [0.3, 0.4) is 0 Å². The highest BCUT2D eigenvalue weighted by Crippen LogP contribution is 2.11. The molecule has 2 atom stereocenters. The van der Waals surface area contributed by atoms with Crippen molar-refractivity contribution in [1.29, 1.82) is 0 Å². The zero-order valence-electron chi connectivity index (χ0n) is 10.1. The van der Waals surface area contributed by atoms with Gasteiger partial charge >= 0.3 is 0 Å². The molecule has 15 heavy (non-hydrogen) atoms. The number of likely N-dealkylation sites (tertiary alicyclic amines) is 1. The minimum absolute atomic E-state index is 0.215. The van der Waals surface area contributed by atoms with Crippen LogP contribution in [-0.4, -0.2) is 36.6 Å². The summed E-state index contributed by atoms with van der Waals surface area (Å²) in [5.74, 6) is 2.74. The molecule has 1 rings (SSSR count). The molecule has 1 saturated heterocycles. The largest absolute Gasteiger partial charge is 0.303 e. The van der Waals surface area contributed by atoms with E-state index in [0.717, 1.165) is 0 Å². The van der Waals surface area contributed by atoms with Gasteiger partial charge in [-0.1, -0.05) is 12.8 Å². The van der Waals surface area contributed by atoms with Crippen LogP contribution in [0.25, 0.3) is 0 Å². The van der Waals surface area contributed by atoms with Crippen LogP contribution >= 0.6 is 0 Å². The van der Waals surface area contributed by atoms with Gasteiger partial charge in [-0.15, -0.1) is 6.42 Å². The first-order chi connectivity index (χ1) is 7.26. The van der Waals surface area contributed by atoms with Crippen LogP contribution in [0.5, 0.6) is 0 Å². The molecule has 0 saturated carbocycles. The van der Waals surface area contributed by atoms with Crippen LogP contribution in [0.15, 0.2) is 0 Å². The van der Waals surface area contributed by atoms with Gasteiger partial charge in [0, 0.05) is 6.04 Å². The molecule has 86 valence electrons. The topological polar surface area (TPSA) is 15.3 Å². The quantitative estimate of drug-likeness (QED) is 0.710. The smallest absolute Gasteiger partial charge is 0.0660 e. The molecule has 0 spiro atoms. The van der Waals surface area contributed by atoms with Crippen molar-refractivity contribution in [2.75, 3.05) is 19.6 Å². The van der Waals surface area contributed by atoms with E-state index >= 15 is 0 Å². The lowest BCUT2D eigenvalue weighted by atomic mass is 10.1. The van der Waals surface area contributed by atoms with Crippen molar-refractivity contribution in [3.8, 4) is 12.3 Å². The number of hydrogen-bond donors (Lipinski definition) is 1. The van der Waals surface area contributed by atoms with E-state index in [-0.39, 0.29) is 6.04 Å². The lowest BCUT2D eigenvalue weighted by molar-refractivity contribution is 0.282. The Morgan fingerprint density at radius 3 is 2.93 bits per heavy atom. The van der Waals surface area contributed by atoms with Gasteiger partial charge in [-0.2, -0.15) is 0 Å². The summed E-state index contributed by atoms with van der Waals surface area (Å²) < 4.78 is 0. The number of rotatable bonds is 4. The minimum Gasteiger partial charge on any atom is -0.303 e. The van der Waals surface area contributed by atoms with Crippen LogP contribution in [-0.2, 0) is 0 Å². The Hall–Kier alpha value is -0.520. The van der Waals surface area contributed by atoms with Crippen LogP contribution in [0, 0.1) is 12.3 Å². The van der Waals surface area contributed by atoms with Crippen molar-refractivity contribution in [3.63, 3.8) is 0 Å². The Bertz CT molecular complexity index is 207. The van der Waals surface area contributed by atoms with E-state index in [0.29, 0.717) is 6.04 Å². The second-order valence-electron chi connectivity index (χ2n) is 4.52. The van der Waals surface area contributed by atoms with Gasteiger partial charge in [0.25, 0.3) is 0 Å². The summed E-state index contributed by atoms with van der Waals surface area (Å²) in [7, 11) is 0. The van der Waals surface area contributed by atoms with Gasteiger partial charge in [-0.3, -0.25) is 0 Å². The van der Waals surface area contributed by atoms with Gasteiger partial charge in [-0.25, -0.2) is 0 Å². The summed E-state index contributed by atoms with van der Waals surface area (Å²) in [5.41, 5.74) is 0. The summed E-state index contributed by atoms with van der Waals surface area (Å²) in [5, 5.41) is 3.51. The molecule has 2 nitrogen and oxygen atoms in total. The molecule has 2 heteroatoms. The van der Waals surface area contributed by atoms with Crippen LogP contribution in [0.1, 0.15) is 39.5 Å². The van der Waals surface area contributed by atoms with Crippen molar-refractivity contribution in [2.24, 2.45) is 0 Å². The average Bonchev–Trinajstić information content (AvgIpc) is 2.45. The van der Waals surface area contributed by atoms with Crippen molar-refractivity contribution < 1.29 is 0 Å². The Labute approximate surface area is 94.4 Å². The highest BCUT2D eigenvalue weighted by atomic mass is 15.1. The van der Waals surface area contributed by atoms with E-state index in [4.69, 9.17) is 6.42 Å². The minimum atomic E-state index is 0.215. The van der Waals surface area contributed by atoms with Gasteiger partial charge in [0.2, 0.25) is 0 Å². The SMILES string of the molecule is C#CC(C)NC1CCCN(CCC)CC1. The Morgan fingerprint density at radius 1 is 1.47 bits per heavy atom. The maximum Gasteiger partial charge on any atom is 0.0660 e. The predicted molar refractivity (Wildman–Crippen MR) is 65.8 cm³/mol. The standard InChI is InChI=1S/C13H24N2/c1-4-9-15-10-6-7-13(8-11-15)14-12(3)5-2/h2,12-14H,4,6-11H2,1,3H3. The molecule has 0 aliphatic carbocycles. The molecule has 0 radical (unpaired) electrons. The van der Waals surface area contributed by atoms with Crippen molar-refractivity contribution in [1.82, 2.24) is 10.2 Å². The molecular weight excluding hydrogens is 184 g/mol. The third kappa shape index (κ3) is 4.68. The second-order valence-corrected chi connectivity index (χ2v) is 4.52. The molecule has 0 aromatic heterocycles. The molecule has 0 aromatic rings. The van der Waals surface area contributed by atoms with E-state index < -0.39 is 0 Å². The Kier molecular flexibility index (Phi) is 5.75. The Balaban J connectivity index is 2.29. The van der Waals surface area contributed by atoms with Gasteiger partial charge in [-0.05, 0) is 52.2 Å². The number of hydrogen-bond acceptors (Lipinski definition) is 2. The lowest BCUT2D eigenvalue weighted by Crippen LogP contribution is -2.36. The van der Waals surface area contributed by atoms with Crippen molar-refractivity contribution in [3.05, 3.63) is 0 Å². The first-order valence-electron chi connectivity index (χ1n) is 6.20. The fourth-order valence-electron chi connectivity index (χ4n) is 2.26. The second kappa shape index (κ2) is 6.87. The summed E-state index contributed by atoms with van der Waals surface area (Å²) in [6, 6.07) is 0.839. The first kappa shape index (κ1) is 12.5. The molecule has 1 aliphatic heterocycles. The molecule has 1 heterocycles. The van der Waals surface area contributed by atoms with Gasteiger partial charge in [0.1, 0.15) is 0 Å². The monoisotopic (exact) mass is 208 g/mol. The van der Waals surface area contributed by atoms with E-state index in [1.807, 2.05) is 0 Å². The van der Waals surface area contributed by atoms with E-state index in [1.165, 1.54) is 45.3 Å². The summed E-state index contributed by atoms with van der Waals surface area (Å²) in [4.78, 5) is 2.57. The fourth-order valence-corrected chi connectivity index (χ4v) is 2.26. The molecule has 0 amide bonds.